The van der Waals surface area contributed by atoms with Crippen molar-refractivity contribution in [2.75, 3.05) is 29.4 Å². The van der Waals surface area contributed by atoms with E-state index in [0.29, 0.717) is 24.6 Å². The molecule has 0 aromatic carbocycles. The lowest BCUT2D eigenvalue weighted by atomic mass is 9.66. The number of aromatic nitrogens is 4. The molecule has 0 unspecified atom stereocenters. The molecule has 2 aliphatic heterocycles. The fraction of sp³-hybridized carbons (Fsp3) is 0.600. The average molecular weight is 477 g/mol. The van der Waals surface area contributed by atoms with Crippen molar-refractivity contribution in [3.05, 3.63) is 30.0 Å². The maximum absolute atomic E-state index is 12.8. The zero-order valence-electron chi connectivity index (χ0n) is 21.0. The van der Waals surface area contributed by atoms with Gasteiger partial charge in [-0.15, -0.1) is 0 Å². The van der Waals surface area contributed by atoms with Gasteiger partial charge in [-0.1, -0.05) is 6.42 Å². The molecule has 2 atom stereocenters. The average Bonchev–Trinajstić information content (AvgIpc) is 3.16. The number of nitrogens with zero attached hydrogens (tertiary/aromatic N) is 8. The van der Waals surface area contributed by atoms with Crippen LogP contribution in [0.5, 0.6) is 0 Å². The maximum Gasteiger partial charge on any atom is 0.410 e. The van der Waals surface area contributed by atoms with Gasteiger partial charge < -0.3 is 19.4 Å². The highest BCUT2D eigenvalue weighted by Crippen LogP contribution is 2.56. The van der Waals surface area contributed by atoms with Gasteiger partial charge in [0.15, 0.2) is 0 Å². The standard InChI is InChI=1S/C25H32N8O2/c1-16-12-32(23(34)35-24(3,4)5)17(2)11-31(16)21-20-22(30-15-29-21)33(13-25(20)7-6-8-25)19-9-18(10-26)27-14-28-19/h9,14-17H,6-8,11-13H2,1-5H3/t16-,17+/m0/s1. The second kappa shape index (κ2) is 8.33. The highest BCUT2D eigenvalue weighted by molar-refractivity contribution is 5.75. The van der Waals surface area contributed by atoms with Crippen molar-refractivity contribution in [1.82, 2.24) is 24.8 Å². The smallest absolute Gasteiger partial charge is 0.410 e. The Labute approximate surface area is 206 Å². The highest BCUT2D eigenvalue weighted by Gasteiger charge is 2.52. The summed E-state index contributed by atoms with van der Waals surface area (Å²) in [5, 5.41) is 9.32. The van der Waals surface area contributed by atoms with E-state index in [9.17, 15) is 10.1 Å². The van der Waals surface area contributed by atoms with Crippen molar-refractivity contribution in [3.8, 4) is 6.07 Å². The summed E-state index contributed by atoms with van der Waals surface area (Å²) in [6.45, 7) is 11.8. The van der Waals surface area contributed by atoms with Crippen LogP contribution in [0, 0.1) is 11.3 Å². The van der Waals surface area contributed by atoms with Crippen LogP contribution in [0.25, 0.3) is 0 Å². The molecule has 10 heteroatoms. The van der Waals surface area contributed by atoms with E-state index in [-0.39, 0.29) is 23.6 Å². The first kappa shape index (κ1) is 23.3. The Bertz CT molecular complexity index is 1180. The van der Waals surface area contributed by atoms with E-state index in [2.05, 4.69) is 39.7 Å². The maximum atomic E-state index is 12.8. The predicted octanol–water partition coefficient (Wildman–Crippen LogP) is 3.55. The largest absolute Gasteiger partial charge is 0.444 e. The van der Waals surface area contributed by atoms with E-state index in [1.165, 1.54) is 6.33 Å². The molecular weight excluding hydrogens is 444 g/mol. The Balaban J connectivity index is 1.48. The van der Waals surface area contributed by atoms with Crippen molar-refractivity contribution in [2.45, 2.75) is 77.0 Å². The van der Waals surface area contributed by atoms with Crippen LogP contribution in [0.2, 0.25) is 0 Å². The van der Waals surface area contributed by atoms with Gasteiger partial charge >= 0.3 is 6.09 Å². The summed E-state index contributed by atoms with van der Waals surface area (Å²) in [6.07, 6.45) is 6.06. The van der Waals surface area contributed by atoms with E-state index in [1.807, 2.05) is 25.7 Å². The number of amides is 1. The first-order valence-corrected chi connectivity index (χ1v) is 12.2. The van der Waals surface area contributed by atoms with Crippen LogP contribution < -0.4 is 9.80 Å². The minimum absolute atomic E-state index is 0.0263. The highest BCUT2D eigenvalue weighted by atomic mass is 16.6. The fourth-order valence-electron chi connectivity index (χ4n) is 5.47. The molecule has 1 amide bonds. The van der Waals surface area contributed by atoms with Gasteiger partial charge in [0, 0.05) is 48.8 Å². The minimum atomic E-state index is -0.531. The molecule has 184 valence electrons. The van der Waals surface area contributed by atoms with Crippen LogP contribution in [0.3, 0.4) is 0 Å². The number of fused-ring (bicyclic) bond motifs is 2. The third-order valence-corrected chi connectivity index (χ3v) is 7.29. The molecule has 1 saturated carbocycles. The van der Waals surface area contributed by atoms with Gasteiger partial charge in [0.25, 0.3) is 0 Å². The zero-order valence-corrected chi connectivity index (χ0v) is 21.0. The third-order valence-electron chi connectivity index (χ3n) is 7.29. The summed E-state index contributed by atoms with van der Waals surface area (Å²) in [4.78, 5) is 37.0. The normalized spacial score (nSPS) is 23.0. The monoisotopic (exact) mass is 476 g/mol. The molecule has 5 rings (SSSR count). The minimum Gasteiger partial charge on any atom is -0.444 e. The molecule has 1 aliphatic carbocycles. The lowest BCUT2D eigenvalue weighted by molar-refractivity contribution is 0.0129. The SMILES string of the molecule is C[C@@H]1CN(c2ncnc3c2C2(CCC2)CN3c2cc(C#N)ncn2)[C@@H](C)CN1C(=O)OC(C)(C)C. The van der Waals surface area contributed by atoms with Crippen LogP contribution in [0.1, 0.15) is 65.1 Å². The van der Waals surface area contributed by atoms with Crippen molar-refractivity contribution in [3.63, 3.8) is 0 Å². The molecule has 2 aromatic rings. The Kier molecular flexibility index (Phi) is 5.54. The Morgan fingerprint density at radius 1 is 1.09 bits per heavy atom. The van der Waals surface area contributed by atoms with Gasteiger partial charge in [-0.3, -0.25) is 0 Å². The molecule has 1 saturated heterocycles. The van der Waals surface area contributed by atoms with Gasteiger partial charge in [-0.2, -0.15) is 5.26 Å². The summed E-state index contributed by atoms with van der Waals surface area (Å²) in [7, 11) is 0. The summed E-state index contributed by atoms with van der Waals surface area (Å²) in [5.74, 6) is 2.48. The number of rotatable bonds is 2. The first-order valence-electron chi connectivity index (χ1n) is 12.2. The first-order chi connectivity index (χ1) is 16.6. The van der Waals surface area contributed by atoms with Crippen LogP contribution in [-0.2, 0) is 10.2 Å². The van der Waals surface area contributed by atoms with E-state index in [4.69, 9.17) is 14.7 Å². The predicted molar refractivity (Wildman–Crippen MR) is 131 cm³/mol. The summed E-state index contributed by atoms with van der Waals surface area (Å²) in [6, 6.07) is 3.86. The summed E-state index contributed by atoms with van der Waals surface area (Å²) >= 11 is 0. The van der Waals surface area contributed by atoms with Gasteiger partial charge in [0.2, 0.25) is 0 Å². The van der Waals surface area contributed by atoms with Gasteiger partial charge in [0.1, 0.15) is 47.5 Å². The summed E-state index contributed by atoms with van der Waals surface area (Å²) in [5.41, 5.74) is 0.931. The topological polar surface area (TPSA) is 111 Å². The Hall–Kier alpha value is -3.48. The molecule has 4 heterocycles. The molecule has 10 nitrogen and oxygen atoms in total. The Morgan fingerprint density at radius 2 is 1.80 bits per heavy atom. The molecule has 0 bridgehead atoms. The number of nitriles is 1. The third kappa shape index (κ3) is 4.03. The number of anilines is 3. The second-order valence-electron chi connectivity index (χ2n) is 11.0. The van der Waals surface area contributed by atoms with Crippen LogP contribution in [0.4, 0.5) is 22.2 Å². The number of carbonyl (C=O) groups is 1. The van der Waals surface area contributed by atoms with E-state index in [0.717, 1.165) is 43.0 Å². The quantitative estimate of drug-likeness (QED) is 0.642. The molecule has 35 heavy (non-hydrogen) atoms. The van der Waals surface area contributed by atoms with E-state index in [1.54, 1.807) is 12.4 Å². The number of piperazine rings is 1. The van der Waals surface area contributed by atoms with Crippen LogP contribution in [-0.4, -0.2) is 68.2 Å². The molecule has 1 spiro atoms. The van der Waals surface area contributed by atoms with Gasteiger partial charge in [-0.05, 0) is 47.5 Å². The molecule has 0 radical (unpaired) electrons. The zero-order chi connectivity index (χ0) is 25.0. The van der Waals surface area contributed by atoms with Gasteiger partial charge in [0.05, 0.1) is 0 Å². The molecule has 3 aliphatic rings. The summed E-state index contributed by atoms with van der Waals surface area (Å²) < 4.78 is 5.65. The van der Waals surface area contributed by atoms with Crippen LogP contribution in [0.15, 0.2) is 18.7 Å². The van der Waals surface area contributed by atoms with Crippen molar-refractivity contribution >= 4 is 23.5 Å². The van der Waals surface area contributed by atoms with Crippen LogP contribution >= 0.6 is 0 Å². The van der Waals surface area contributed by atoms with Gasteiger partial charge in [-0.25, -0.2) is 24.7 Å². The number of hydrogen-bond donors (Lipinski definition) is 0. The molecule has 2 aromatic heterocycles. The van der Waals surface area contributed by atoms with Crippen molar-refractivity contribution < 1.29 is 9.53 Å². The van der Waals surface area contributed by atoms with E-state index < -0.39 is 5.60 Å². The number of carbonyl (C=O) groups excluding carboxylic acids is 1. The van der Waals surface area contributed by atoms with Crippen molar-refractivity contribution in [2.24, 2.45) is 0 Å². The number of ether oxygens (including phenoxy) is 1. The second-order valence-corrected chi connectivity index (χ2v) is 11.0. The number of hydrogen-bond acceptors (Lipinski definition) is 9. The fourth-order valence-corrected chi connectivity index (χ4v) is 5.47. The van der Waals surface area contributed by atoms with E-state index >= 15 is 0 Å². The molecule has 2 fully saturated rings. The van der Waals surface area contributed by atoms with Crippen molar-refractivity contribution in [1.29, 1.82) is 5.26 Å². The molecule has 0 N–H and O–H groups in total. The lowest BCUT2D eigenvalue weighted by Gasteiger charge is -2.46. The Morgan fingerprint density at radius 3 is 2.46 bits per heavy atom. The lowest BCUT2D eigenvalue weighted by Crippen LogP contribution is -2.59. The molecular formula is C25H32N8O2.